The zero-order valence-electron chi connectivity index (χ0n) is 23.8. The standard InChI is InChI=1S/C34H50F2O2/c1-3-5-23-6-8-28(9-7-23)31-20-18-29(22-38-31)26-12-10-24(11-13-26)25-14-16-27(17-15-25)30-19-21-32(37-4-2)34(36)33(30)35/h3,5,19,21,23-29,31H,4,6-18,20,22H2,1-2H3. The van der Waals surface area contributed by atoms with E-state index in [-0.39, 0.29) is 11.7 Å². The summed E-state index contributed by atoms with van der Waals surface area (Å²) in [5.74, 6) is 3.42. The molecule has 0 aromatic heterocycles. The maximum Gasteiger partial charge on any atom is 0.200 e. The summed E-state index contributed by atoms with van der Waals surface area (Å²) < 4.78 is 40.9. The highest BCUT2D eigenvalue weighted by atomic mass is 19.2. The van der Waals surface area contributed by atoms with E-state index >= 15 is 0 Å². The van der Waals surface area contributed by atoms with E-state index < -0.39 is 11.6 Å². The fraction of sp³-hybridized carbons (Fsp3) is 0.765. The van der Waals surface area contributed by atoms with Gasteiger partial charge in [-0.3, -0.25) is 0 Å². The lowest BCUT2D eigenvalue weighted by molar-refractivity contribution is -0.0738. The Balaban J connectivity index is 1.03. The second kappa shape index (κ2) is 13.3. The molecule has 3 aliphatic carbocycles. The van der Waals surface area contributed by atoms with Crippen molar-refractivity contribution in [2.24, 2.45) is 35.5 Å². The summed E-state index contributed by atoms with van der Waals surface area (Å²) >= 11 is 0. The maximum atomic E-state index is 14.7. The van der Waals surface area contributed by atoms with E-state index in [0.29, 0.717) is 18.3 Å². The van der Waals surface area contributed by atoms with E-state index in [1.54, 1.807) is 19.1 Å². The van der Waals surface area contributed by atoms with E-state index in [4.69, 9.17) is 9.47 Å². The molecule has 0 radical (unpaired) electrons. The van der Waals surface area contributed by atoms with Gasteiger partial charge in [-0.25, -0.2) is 4.39 Å². The van der Waals surface area contributed by atoms with Crippen molar-refractivity contribution in [2.75, 3.05) is 13.2 Å². The minimum atomic E-state index is -0.820. The van der Waals surface area contributed by atoms with Gasteiger partial charge >= 0.3 is 0 Å². The molecule has 1 aromatic rings. The summed E-state index contributed by atoms with van der Waals surface area (Å²) in [4.78, 5) is 0. The van der Waals surface area contributed by atoms with Crippen LogP contribution >= 0.6 is 0 Å². The molecule has 0 spiro atoms. The highest BCUT2D eigenvalue weighted by Crippen LogP contribution is 2.47. The van der Waals surface area contributed by atoms with Gasteiger partial charge in [-0.05, 0) is 157 Å². The molecule has 0 amide bonds. The molecule has 2 nitrogen and oxygen atoms in total. The zero-order valence-corrected chi connectivity index (χ0v) is 23.8. The van der Waals surface area contributed by atoms with Crippen LogP contribution in [0.5, 0.6) is 5.75 Å². The number of benzene rings is 1. The van der Waals surface area contributed by atoms with E-state index in [0.717, 1.165) is 67.8 Å². The second-order valence-corrected chi connectivity index (χ2v) is 12.9. The molecule has 0 bridgehead atoms. The Morgan fingerprint density at radius 2 is 1.32 bits per heavy atom. The fourth-order valence-corrected chi connectivity index (χ4v) is 8.64. The zero-order chi connectivity index (χ0) is 26.5. The van der Waals surface area contributed by atoms with E-state index in [1.807, 2.05) is 0 Å². The Kier molecular flexibility index (Phi) is 9.84. The predicted molar refractivity (Wildman–Crippen MR) is 150 cm³/mol. The van der Waals surface area contributed by atoms with Crippen LogP contribution in [-0.4, -0.2) is 19.3 Å². The average Bonchev–Trinajstić information content (AvgIpc) is 2.97. The third-order valence-corrected chi connectivity index (χ3v) is 10.9. The highest BCUT2D eigenvalue weighted by molar-refractivity contribution is 5.33. The summed E-state index contributed by atoms with van der Waals surface area (Å²) in [6.07, 6.45) is 22.8. The second-order valence-electron chi connectivity index (χ2n) is 12.9. The third kappa shape index (κ3) is 6.48. The molecular formula is C34H50F2O2. The highest BCUT2D eigenvalue weighted by Gasteiger charge is 2.37. The molecule has 3 saturated carbocycles. The van der Waals surface area contributed by atoms with Crippen LogP contribution in [0.4, 0.5) is 8.78 Å². The first-order chi connectivity index (χ1) is 18.6. The van der Waals surface area contributed by atoms with Crippen molar-refractivity contribution in [3.8, 4) is 5.75 Å². The summed E-state index contributed by atoms with van der Waals surface area (Å²) in [7, 11) is 0. The van der Waals surface area contributed by atoms with Crippen molar-refractivity contribution in [1.29, 1.82) is 0 Å². The van der Waals surface area contributed by atoms with Gasteiger partial charge in [0, 0.05) is 0 Å². The minimum Gasteiger partial charge on any atom is -0.491 e. The van der Waals surface area contributed by atoms with Crippen molar-refractivity contribution in [2.45, 2.75) is 116 Å². The Morgan fingerprint density at radius 1 is 0.737 bits per heavy atom. The molecule has 5 rings (SSSR count). The maximum absolute atomic E-state index is 14.7. The lowest BCUT2D eigenvalue weighted by atomic mass is 9.66. The lowest BCUT2D eigenvalue weighted by Crippen LogP contribution is -2.37. The summed E-state index contributed by atoms with van der Waals surface area (Å²) in [5.41, 5.74) is 0.551. The lowest BCUT2D eigenvalue weighted by Gasteiger charge is -2.43. The first-order valence-electron chi connectivity index (χ1n) is 15.9. The van der Waals surface area contributed by atoms with Crippen molar-refractivity contribution >= 4 is 0 Å². The summed E-state index contributed by atoms with van der Waals surface area (Å²) in [6.45, 7) is 5.26. The summed E-state index contributed by atoms with van der Waals surface area (Å²) in [5, 5.41) is 0. The predicted octanol–water partition coefficient (Wildman–Crippen LogP) is 9.62. The van der Waals surface area contributed by atoms with Gasteiger partial charge in [0.15, 0.2) is 11.6 Å². The van der Waals surface area contributed by atoms with Gasteiger partial charge in [0.2, 0.25) is 5.82 Å². The first kappa shape index (κ1) is 28.1. The normalized spacial score (nSPS) is 36.8. The molecule has 4 heteroatoms. The average molecular weight is 529 g/mol. The number of rotatable bonds is 7. The van der Waals surface area contributed by atoms with E-state index in [1.165, 1.54) is 64.2 Å². The van der Waals surface area contributed by atoms with Crippen LogP contribution in [0.15, 0.2) is 24.3 Å². The first-order valence-corrected chi connectivity index (χ1v) is 15.9. The smallest absolute Gasteiger partial charge is 0.200 e. The Bertz CT molecular complexity index is 897. The van der Waals surface area contributed by atoms with Crippen LogP contribution in [0.1, 0.15) is 115 Å². The Labute approximate surface area is 229 Å². The van der Waals surface area contributed by atoms with E-state index in [2.05, 4.69) is 19.1 Å². The number of allylic oxidation sites excluding steroid dienone is 2. The molecule has 4 aliphatic rings. The third-order valence-electron chi connectivity index (χ3n) is 10.9. The van der Waals surface area contributed by atoms with Crippen LogP contribution in [0, 0.1) is 47.1 Å². The fourth-order valence-electron chi connectivity index (χ4n) is 8.64. The molecule has 38 heavy (non-hydrogen) atoms. The topological polar surface area (TPSA) is 18.5 Å². The number of ether oxygens (including phenoxy) is 2. The van der Waals surface area contributed by atoms with Crippen molar-refractivity contribution in [1.82, 2.24) is 0 Å². The van der Waals surface area contributed by atoms with Gasteiger partial charge in [-0.15, -0.1) is 0 Å². The molecule has 1 aliphatic heterocycles. The Morgan fingerprint density at radius 3 is 1.89 bits per heavy atom. The van der Waals surface area contributed by atoms with Gasteiger partial charge in [0.25, 0.3) is 0 Å². The molecule has 1 heterocycles. The largest absolute Gasteiger partial charge is 0.491 e. The van der Waals surface area contributed by atoms with Crippen LogP contribution < -0.4 is 4.74 Å². The molecule has 1 saturated heterocycles. The van der Waals surface area contributed by atoms with Gasteiger partial charge in [-0.1, -0.05) is 18.2 Å². The monoisotopic (exact) mass is 528 g/mol. The van der Waals surface area contributed by atoms with Crippen LogP contribution in [0.25, 0.3) is 0 Å². The van der Waals surface area contributed by atoms with Gasteiger partial charge in [-0.2, -0.15) is 4.39 Å². The molecule has 4 fully saturated rings. The molecule has 212 valence electrons. The molecule has 1 aromatic carbocycles. The summed E-state index contributed by atoms with van der Waals surface area (Å²) in [6, 6.07) is 3.36. The van der Waals surface area contributed by atoms with Crippen LogP contribution in [0.2, 0.25) is 0 Å². The van der Waals surface area contributed by atoms with Gasteiger partial charge in [0.1, 0.15) is 0 Å². The van der Waals surface area contributed by atoms with Crippen molar-refractivity contribution in [3.05, 3.63) is 41.5 Å². The van der Waals surface area contributed by atoms with Gasteiger partial charge in [0.05, 0.1) is 19.3 Å². The van der Waals surface area contributed by atoms with Gasteiger partial charge < -0.3 is 9.47 Å². The van der Waals surface area contributed by atoms with Crippen molar-refractivity contribution < 1.29 is 18.3 Å². The quantitative estimate of drug-likeness (QED) is 0.328. The van der Waals surface area contributed by atoms with Crippen LogP contribution in [-0.2, 0) is 4.74 Å². The number of halogens is 2. The molecular weight excluding hydrogens is 478 g/mol. The molecule has 2 unspecified atom stereocenters. The Hall–Kier alpha value is -1.42. The molecule has 2 atom stereocenters. The number of hydrogen-bond donors (Lipinski definition) is 0. The number of hydrogen-bond acceptors (Lipinski definition) is 2. The van der Waals surface area contributed by atoms with Crippen LogP contribution in [0.3, 0.4) is 0 Å². The van der Waals surface area contributed by atoms with E-state index in [9.17, 15) is 8.78 Å². The molecule has 0 N–H and O–H groups in total. The SMILES string of the molecule is CC=CC1CCC(C2CCC(C3CCC(C4CCC(c5ccc(OCC)c(F)c5F)CC4)CC3)CO2)CC1. The van der Waals surface area contributed by atoms with Crippen molar-refractivity contribution in [3.63, 3.8) is 0 Å². The minimum absolute atomic E-state index is 0.0327.